The number of nitro groups is 1. The minimum Gasteiger partial charge on any atom is -0.377 e. The Hall–Kier alpha value is -1.71. The summed E-state index contributed by atoms with van der Waals surface area (Å²) in [6, 6.07) is 4.22. The number of rotatable bonds is 7. The van der Waals surface area contributed by atoms with Crippen molar-refractivity contribution in [1.82, 2.24) is 4.31 Å². The highest BCUT2D eigenvalue weighted by Gasteiger charge is 2.40. The van der Waals surface area contributed by atoms with Crippen LogP contribution in [0.15, 0.2) is 23.1 Å². The van der Waals surface area contributed by atoms with E-state index < -0.39 is 14.9 Å². The van der Waals surface area contributed by atoms with E-state index in [4.69, 9.17) is 4.74 Å². The second kappa shape index (κ2) is 8.34. The van der Waals surface area contributed by atoms with Gasteiger partial charge in [-0.25, -0.2) is 8.42 Å². The van der Waals surface area contributed by atoms with Crippen LogP contribution in [0.25, 0.3) is 0 Å². The standard InChI is InChI=1S/C19H29N3O5S/c1-3-21(4-2)28(25,26)16-7-8-17(18(13-16)22(23)24)20-15-9-12-27-19(14-15)10-5-6-11-19/h7-8,13,15,20H,3-6,9-12,14H2,1-2H3. The van der Waals surface area contributed by atoms with Gasteiger partial charge >= 0.3 is 0 Å². The Bertz CT molecular complexity index is 817. The Kier molecular flexibility index (Phi) is 6.26. The SMILES string of the molecule is CCN(CC)S(=O)(=O)c1ccc(NC2CCOC3(CCCC3)C2)c([N+](=O)[O-])c1. The summed E-state index contributed by atoms with van der Waals surface area (Å²) in [7, 11) is -3.74. The van der Waals surface area contributed by atoms with Gasteiger partial charge in [-0.3, -0.25) is 10.1 Å². The van der Waals surface area contributed by atoms with Gasteiger partial charge in [0.1, 0.15) is 5.69 Å². The lowest BCUT2D eigenvalue weighted by Crippen LogP contribution is -2.42. The lowest BCUT2D eigenvalue weighted by molar-refractivity contribution is -0.384. The molecule has 2 aliphatic rings. The van der Waals surface area contributed by atoms with Gasteiger partial charge in [0.05, 0.1) is 15.4 Å². The van der Waals surface area contributed by atoms with Gasteiger partial charge < -0.3 is 10.1 Å². The Labute approximate surface area is 166 Å². The van der Waals surface area contributed by atoms with Crippen LogP contribution < -0.4 is 5.32 Å². The Balaban J connectivity index is 1.85. The van der Waals surface area contributed by atoms with Gasteiger partial charge in [0.15, 0.2) is 0 Å². The van der Waals surface area contributed by atoms with Crippen LogP contribution >= 0.6 is 0 Å². The first-order chi connectivity index (χ1) is 13.3. The van der Waals surface area contributed by atoms with Crippen LogP contribution in [0, 0.1) is 10.1 Å². The monoisotopic (exact) mass is 411 g/mol. The third kappa shape index (κ3) is 4.16. The summed E-state index contributed by atoms with van der Waals surface area (Å²) in [5, 5.41) is 14.9. The maximum atomic E-state index is 12.7. The molecule has 1 atom stereocenters. The molecule has 1 aliphatic heterocycles. The van der Waals surface area contributed by atoms with Gasteiger partial charge in [0.2, 0.25) is 10.0 Å². The average molecular weight is 412 g/mol. The molecular formula is C19H29N3O5S. The Morgan fingerprint density at radius 3 is 2.57 bits per heavy atom. The summed E-state index contributed by atoms with van der Waals surface area (Å²) in [6.07, 6.45) is 5.99. The van der Waals surface area contributed by atoms with E-state index in [-0.39, 0.29) is 22.2 Å². The Morgan fingerprint density at radius 1 is 1.29 bits per heavy atom. The molecule has 9 heteroatoms. The second-order valence-electron chi connectivity index (χ2n) is 7.60. The van der Waals surface area contributed by atoms with E-state index in [1.165, 1.54) is 22.5 Å². The van der Waals surface area contributed by atoms with Crippen molar-refractivity contribution < 1.29 is 18.1 Å². The van der Waals surface area contributed by atoms with Crippen LogP contribution in [0.5, 0.6) is 0 Å². The van der Waals surface area contributed by atoms with Gasteiger partial charge in [-0.05, 0) is 37.8 Å². The molecule has 3 rings (SSSR count). The third-order valence-corrected chi connectivity index (χ3v) is 7.92. The lowest BCUT2D eigenvalue weighted by Gasteiger charge is -2.38. The maximum Gasteiger partial charge on any atom is 0.293 e. The number of nitro benzene ring substituents is 1. The quantitative estimate of drug-likeness (QED) is 0.544. The van der Waals surface area contributed by atoms with Crippen molar-refractivity contribution in [3.63, 3.8) is 0 Å². The first-order valence-corrected chi connectivity index (χ1v) is 11.4. The number of sulfonamides is 1. The molecule has 0 bridgehead atoms. The van der Waals surface area contributed by atoms with Crippen LogP contribution in [0.1, 0.15) is 52.4 Å². The highest BCUT2D eigenvalue weighted by molar-refractivity contribution is 7.89. The van der Waals surface area contributed by atoms with E-state index in [1.54, 1.807) is 13.8 Å². The lowest BCUT2D eigenvalue weighted by atomic mass is 9.89. The molecule has 1 heterocycles. The molecule has 2 fully saturated rings. The molecule has 0 aromatic heterocycles. The largest absolute Gasteiger partial charge is 0.377 e. The minimum atomic E-state index is -3.74. The van der Waals surface area contributed by atoms with Crippen LogP contribution in [0.3, 0.4) is 0 Å². The fraction of sp³-hybridized carbons (Fsp3) is 0.684. The summed E-state index contributed by atoms with van der Waals surface area (Å²) >= 11 is 0. The van der Waals surface area contributed by atoms with Gasteiger partial charge in [0, 0.05) is 31.8 Å². The zero-order valence-corrected chi connectivity index (χ0v) is 17.3. The molecular weight excluding hydrogens is 382 g/mol. The van der Waals surface area contributed by atoms with Crippen molar-refractivity contribution in [3.8, 4) is 0 Å². The molecule has 1 aromatic carbocycles. The normalized spacial score (nSPS) is 21.9. The number of hydrogen-bond donors (Lipinski definition) is 1. The smallest absolute Gasteiger partial charge is 0.293 e. The highest BCUT2D eigenvalue weighted by atomic mass is 32.2. The summed E-state index contributed by atoms with van der Waals surface area (Å²) in [5.74, 6) is 0. The number of nitrogens with zero attached hydrogens (tertiary/aromatic N) is 2. The minimum absolute atomic E-state index is 0.0484. The molecule has 1 saturated carbocycles. The van der Waals surface area contributed by atoms with Gasteiger partial charge in [-0.15, -0.1) is 0 Å². The summed E-state index contributed by atoms with van der Waals surface area (Å²) < 4.78 is 32.7. The molecule has 0 amide bonds. The molecule has 1 spiro atoms. The van der Waals surface area contributed by atoms with E-state index in [0.717, 1.165) is 38.5 Å². The predicted octanol–water partition coefficient (Wildman–Crippen LogP) is 3.53. The molecule has 0 radical (unpaired) electrons. The van der Waals surface area contributed by atoms with Gasteiger partial charge in [-0.1, -0.05) is 26.7 Å². The zero-order valence-electron chi connectivity index (χ0n) is 16.5. The fourth-order valence-corrected chi connectivity index (χ4v) is 5.87. The molecule has 28 heavy (non-hydrogen) atoms. The number of hydrogen-bond acceptors (Lipinski definition) is 6. The predicted molar refractivity (Wildman–Crippen MR) is 107 cm³/mol. The van der Waals surface area contributed by atoms with Crippen molar-refractivity contribution in [3.05, 3.63) is 28.3 Å². The van der Waals surface area contributed by atoms with Crippen LogP contribution in [-0.2, 0) is 14.8 Å². The molecule has 1 N–H and O–H groups in total. The first-order valence-electron chi connectivity index (χ1n) is 10.0. The van der Waals surface area contributed by atoms with E-state index in [2.05, 4.69) is 5.32 Å². The fourth-order valence-electron chi connectivity index (χ4n) is 4.40. The first kappa shape index (κ1) is 21.0. The van der Waals surface area contributed by atoms with E-state index in [0.29, 0.717) is 25.4 Å². The van der Waals surface area contributed by atoms with Gasteiger partial charge in [0.25, 0.3) is 5.69 Å². The van der Waals surface area contributed by atoms with Gasteiger partial charge in [-0.2, -0.15) is 4.31 Å². The number of ether oxygens (including phenoxy) is 1. The molecule has 1 aliphatic carbocycles. The Morgan fingerprint density at radius 2 is 1.96 bits per heavy atom. The molecule has 1 saturated heterocycles. The van der Waals surface area contributed by atoms with Crippen molar-refractivity contribution in [1.29, 1.82) is 0 Å². The van der Waals surface area contributed by atoms with Crippen molar-refractivity contribution in [2.45, 2.75) is 68.9 Å². The average Bonchev–Trinajstić information content (AvgIpc) is 3.10. The third-order valence-electron chi connectivity index (χ3n) is 5.88. The van der Waals surface area contributed by atoms with E-state index in [1.807, 2.05) is 0 Å². The maximum absolute atomic E-state index is 12.7. The molecule has 1 aromatic rings. The topological polar surface area (TPSA) is 102 Å². The number of nitrogens with one attached hydrogen (secondary N) is 1. The summed E-state index contributed by atoms with van der Waals surface area (Å²) in [5.41, 5.74) is 0.0558. The van der Waals surface area contributed by atoms with Crippen LogP contribution in [0.2, 0.25) is 0 Å². The second-order valence-corrected chi connectivity index (χ2v) is 9.54. The van der Waals surface area contributed by atoms with E-state index in [9.17, 15) is 18.5 Å². The van der Waals surface area contributed by atoms with Crippen molar-refractivity contribution in [2.24, 2.45) is 0 Å². The highest BCUT2D eigenvalue weighted by Crippen LogP contribution is 2.41. The van der Waals surface area contributed by atoms with E-state index >= 15 is 0 Å². The molecule has 156 valence electrons. The zero-order chi connectivity index (χ0) is 20.4. The van der Waals surface area contributed by atoms with Crippen molar-refractivity contribution in [2.75, 3.05) is 25.0 Å². The molecule has 8 nitrogen and oxygen atoms in total. The van der Waals surface area contributed by atoms with Crippen LogP contribution in [0.4, 0.5) is 11.4 Å². The number of benzene rings is 1. The number of anilines is 1. The van der Waals surface area contributed by atoms with Crippen molar-refractivity contribution >= 4 is 21.4 Å². The molecule has 1 unspecified atom stereocenters. The van der Waals surface area contributed by atoms with Crippen LogP contribution in [-0.4, -0.2) is 49.0 Å². The summed E-state index contributed by atoms with van der Waals surface area (Å²) in [6.45, 7) is 4.76. The summed E-state index contributed by atoms with van der Waals surface area (Å²) in [4.78, 5) is 11.1.